The summed E-state index contributed by atoms with van der Waals surface area (Å²) in [5.41, 5.74) is 2.07. The molecule has 0 unspecified atom stereocenters. The number of aryl methyl sites for hydroxylation is 1. The molecule has 3 amide bonds. The monoisotopic (exact) mass is 325 g/mol. The van der Waals surface area contributed by atoms with Crippen LogP contribution in [0.5, 0.6) is 0 Å². The molecule has 3 heterocycles. The molecule has 1 spiro atoms. The van der Waals surface area contributed by atoms with E-state index in [1.807, 2.05) is 36.4 Å². The Balaban J connectivity index is 1.53. The third-order valence-corrected chi connectivity index (χ3v) is 5.01. The molecule has 2 aliphatic heterocycles. The Labute approximate surface area is 139 Å². The third-order valence-electron chi connectivity index (χ3n) is 5.01. The van der Waals surface area contributed by atoms with Gasteiger partial charge >= 0.3 is 6.03 Å². The fraction of sp³-hybridized carbons (Fsp3) is 0.353. The second kappa shape index (κ2) is 5.09. The summed E-state index contributed by atoms with van der Waals surface area (Å²) in [5.74, 6) is -0.0504. The van der Waals surface area contributed by atoms with E-state index < -0.39 is 0 Å². The molecule has 4 rings (SSSR count). The predicted molar refractivity (Wildman–Crippen MR) is 88.4 cm³/mol. The first-order chi connectivity index (χ1) is 11.5. The summed E-state index contributed by atoms with van der Waals surface area (Å²) >= 11 is 0. The van der Waals surface area contributed by atoms with Crippen molar-refractivity contribution in [3.05, 3.63) is 42.1 Å². The van der Waals surface area contributed by atoms with E-state index in [0.29, 0.717) is 25.3 Å². The van der Waals surface area contributed by atoms with E-state index >= 15 is 0 Å². The molecule has 24 heavy (non-hydrogen) atoms. The maximum atomic E-state index is 12.8. The van der Waals surface area contributed by atoms with Gasteiger partial charge in [0.1, 0.15) is 5.69 Å². The molecule has 0 atom stereocenters. The van der Waals surface area contributed by atoms with Crippen LogP contribution in [-0.2, 0) is 7.05 Å². The number of urea groups is 1. The molecule has 1 aromatic heterocycles. The van der Waals surface area contributed by atoms with Crippen LogP contribution in [-0.4, -0.2) is 63.7 Å². The maximum Gasteiger partial charge on any atom is 0.317 e. The summed E-state index contributed by atoms with van der Waals surface area (Å²) in [6.07, 6.45) is 0. The van der Waals surface area contributed by atoms with Gasteiger partial charge in [-0.3, -0.25) is 9.48 Å². The van der Waals surface area contributed by atoms with Gasteiger partial charge in [0.15, 0.2) is 0 Å². The Hall–Kier alpha value is -2.83. The lowest BCUT2D eigenvalue weighted by Gasteiger charge is -2.50. The molecule has 2 saturated heterocycles. The molecule has 1 aromatic carbocycles. The summed E-state index contributed by atoms with van der Waals surface area (Å²) < 4.78 is 1.62. The number of hydrogen-bond donors (Lipinski definition) is 1. The van der Waals surface area contributed by atoms with E-state index in [1.165, 1.54) is 0 Å². The van der Waals surface area contributed by atoms with Crippen LogP contribution >= 0.6 is 0 Å². The van der Waals surface area contributed by atoms with E-state index in [-0.39, 0.29) is 17.5 Å². The second-order valence-corrected chi connectivity index (χ2v) is 6.51. The van der Waals surface area contributed by atoms with Crippen LogP contribution in [0.3, 0.4) is 0 Å². The lowest BCUT2D eigenvalue weighted by Crippen LogP contribution is -2.70. The molecule has 0 aliphatic carbocycles. The lowest BCUT2D eigenvalue weighted by molar-refractivity contribution is 0.00699. The number of benzene rings is 1. The summed E-state index contributed by atoms with van der Waals surface area (Å²) in [5, 5.41) is 7.28. The van der Waals surface area contributed by atoms with Gasteiger partial charge < -0.3 is 15.1 Å². The minimum absolute atomic E-state index is 0.0504. The number of hydrogen-bond acceptors (Lipinski definition) is 3. The van der Waals surface area contributed by atoms with Crippen LogP contribution in [0.2, 0.25) is 0 Å². The second-order valence-electron chi connectivity index (χ2n) is 6.51. The average molecular weight is 325 g/mol. The minimum Gasteiger partial charge on any atom is -0.335 e. The number of rotatable bonds is 2. The Morgan fingerprint density at radius 3 is 2.54 bits per heavy atom. The maximum absolute atomic E-state index is 12.8. The van der Waals surface area contributed by atoms with Gasteiger partial charge in [-0.05, 0) is 6.07 Å². The molecule has 0 radical (unpaired) electrons. The third kappa shape index (κ3) is 2.08. The Kier molecular flexibility index (Phi) is 3.13. The minimum atomic E-state index is -0.256. The van der Waals surface area contributed by atoms with Crippen molar-refractivity contribution in [2.45, 2.75) is 5.54 Å². The predicted octanol–water partition coefficient (Wildman–Crippen LogP) is 0.937. The van der Waals surface area contributed by atoms with Gasteiger partial charge in [-0.1, -0.05) is 30.3 Å². The fourth-order valence-electron chi connectivity index (χ4n) is 3.40. The smallest absolute Gasteiger partial charge is 0.317 e. The molecule has 7 heteroatoms. The quantitative estimate of drug-likeness (QED) is 0.893. The number of amides is 3. The number of carbonyl (C=O) groups excluding carboxylic acids is 2. The van der Waals surface area contributed by atoms with Gasteiger partial charge in [0.25, 0.3) is 5.91 Å². The molecule has 2 fully saturated rings. The zero-order valence-electron chi connectivity index (χ0n) is 13.7. The van der Waals surface area contributed by atoms with E-state index in [9.17, 15) is 9.59 Å². The highest BCUT2D eigenvalue weighted by molar-refractivity contribution is 5.95. The number of likely N-dealkylation sites (tertiary alicyclic amines) is 1. The van der Waals surface area contributed by atoms with Gasteiger partial charge in [0.05, 0.1) is 11.2 Å². The number of carbonyl (C=O) groups is 2. The summed E-state index contributed by atoms with van der Waals surface area (Å²) in [6, 6.07) is 11.5. The summed E-state index contributed by atoms with van der Waals surface area (Å²) in [7, 11) is 3.56. The van der Waals surface area contributed by atoms with Gasteiger partial charge in [0, 0.05) is 39.3 Å². The number of likely N-dealkylation sites (N-methyl/N-ethyl adjacent to an activating group) is 1. The summed E-state index contributed by atoms with van der Waals surface area (Å²) in [4.78, 5) is 27.9. The highest BCUT2D eigenvalue weighted by Crippen LogP contribution is 2.31. The molecule has 0 bridgehead atoms. The van der Waals surface area contributed by atoms with Crippen LogP contribution in [0.1, 0.15) is 10.5 Å². The van der Waals surface area contributed by atoms with Crippen molar-refractivity contribution < 1.29 is 9.59 Å². The van der Waals surface area contributed by atoms with Crippen LogP contribution < -0.4 is 5.32 Å². The highest BCUT2D eigenvalue weighted by Gasteiger charge is 2.53. The van der Waals surface area contributed by atoms with Crippen LogP contribution in [0.15, 0.2) is 36.4 Å². The van der Waals surface area contributed by atoms with Crippen molar-refractivity contribution >= 4 is 11.9 Å². The van der Waals surface area contributed by atoms with Crippen LogP contribution in [0.4, 0.5) is 4.79 Å². The zero-order chi connectivity index (χ0) is 16.9. The fourth-order valence-corrected chi connectivity index (χ4v) is 3.40. The van der Waals surface area contributed by atoms with E-state index in [0.717, 1.165) is 11.3 Å². The Morgan fingerprint density at radius 2 is 1.92 bits per heavy atom. The largest absolute Gasteiger partial charge is 0.335 e. The highest BCUT2D eigenvalue weighted by atomic mass is 16.2. The van der Waals surface area contributed by atoms with Crippen molar-refractivity contribution in [1.29, 1.82) is 0 Å². The standard InChI is InChI=1S/C17H19N5O2/c1-20-16(24)18-9-17(20)10-22(11-17)15(23)14-8-13(19-21(14)2)12-6-4-3-5-7-12/h3-8H,9-11H2,1-2H3,(H,18,24). The molecule has 124 valence electrons. The van der Waals surface area contributed by atoms with Gasteiger partial charge in [-0.2, -0.15) is 5.10 Å². The molecule has 7 nitrogen and oxygen atoms in total. The van der Waals surface area contributed by atoms with E-state index in [1.54, 1.807) is 28.6 Å². The van der Waals surface area contributed by atoms with Gasteiger partial charge in [-0.15, -0.1) is 0 Å². The Bertz CT molecular complexity index is 808. The molecular weight excluding hydrogens is 306 g/mol. The molecular formula is C17H19N5O2. The average Bonchev–Trinajstić information content (AvgIpc) is 3.08. The van der Waals surface area contributed by atoms with Crippen LogP contribution in [0.25, 0.3) is 11.3 Å². The van der Waals surface area contributed by atoms with Crippen molar-refractivity contribution in [3.8, 4) is 11.3 Å². The van der Waals surface area contributed by atoms with Crippen molar-refractivity contribution in [3.63, 3.8) is 0 Å². The van der Waals surface area contributed by atoms with Gasteiger partial charge in [0.2, 0.25) is 0 Å². The van der Waals surface area contributed by atoms with Gasteiger partial charge in [-0.25, -0.2) is 4.79 Å². The lowest BCUT2D eigenvalue weighted by atomic mass is 9.89. The van der Waals surface area contributed by atoms with E-state index in [2.05, 4.69) is 10.4 Å². The molecule has 0 saturated carbocycles. The topological polar surface area (TPSA) is 70.5 Å². The Morgan fingerprint density at radius 1 is 1.21 bits per heavy atom. The van der Waals surface area contributed by atoms with E-state index in [4.69, 9.17) is 0 Å². The first-order valence-electron chi connectivity index (χ1n) is 7.91. The van der Waals surface area contributed by atoms with Crippen LogP contribution in [0, 0.1) is 0 Å². The molecule has 2 aromatic rings. The molecule has 1 N–H and O–H groups in total. The van der Waals surface area contributed by atoms with Crippen molar-refractivity contribution in [2.24, 2.45) is 7.05 Å². The molecule has 2 aliphatic rings. The first-order valence-corrected chi connectivity index (χ1v) is 7.91. The van der Waals surface area contributed by atoms with Crippen molar-refractivity contribution in [2.75, 3.05) is 26.7 Å². The number of nitrogens with one attached hydrogen (secondary N) is 1. The normalized spacial score (nSPS) is 18.7. The number of aromatic nitrogens is 2. The first kappa shape index (κ1) is 14.7. The number of nitrogens with zero attached hydrogens (tertiary/aromatic N) is 4. The zero-order valence-corrected chi connectivity index (χ0v) is 13.7. The SMILES string of the molecule is CN1C(=O)NCC12CN(C(=O)c1cc(-c3ccccc3)nn1C)C2. The summed E-state index contributed by atoms with van der Waals surface area (Å²) in [6.45, 7) is 1.69. The van der Waals surface area contributed by atoms with Crippen molar-refractivity contribution in [1.82, 2.24) is 24.9 Å².